The summed E-state index contributed by atoms with van der Waals surface area (Å²) in [5.74, 6) is 4.35. The van der Waals surface area contributed by atoms with Crippen LogP contribution in [0.4, 0.5) is 14.9 Å². The molecule has 0 aliphatic carbocycles. The highest BCUT2D eigenvalue weighted by molar-refractivity contribution is 5.68. The fraction of sp³-hybridized carbons (Fsp3) is 0.400. The van der Waals surface area contributed by atoms with E-state index in [4.69, 9.17) is 4.74 Å². The van der Waals surface area contributed by atoms with Crippen LogP contribution in [0.2, 0.25) is 0 Å². The van der Waals surface area contributed by atoms with E-state index in [9.17, 15) is 19.3 Å². The zero-order valence-corrected chi connectivity index (χ0v) is 12.8. The van der Waals surface area contributed by atoms with E-state index in [-0.39, 0.29) is 6.54 Å². The lowest BCUT2D eigenvalue weighted by Crippen LogP contribution is -2.32. The summed E-state index contributed by atoms with van der Waals surface area (Å²) in [6.07, 6.45) is -0.603. The van der Waals surface area contributed by atoms with Gasteiger partial charge in [-0.25, -0.2) is 4.79 Å². The van der Waals surface area contributed by atoms with Gasteiger partial charge in [0, 0.05) is 11.6 Å². The van der Waals surface area contributed by atoms with Gasteiger partial charge in [-0.15, -0.1) is 0 Å². The van der Waals surface area contributed by atoms with Crippen LogP contribution in [-0.4, -0.2) is 23.2 Å². The summed E-state index contributed by atoms with van der Waals surface area (Å²) < 4.78 is 18.5. The van der Waals surface area contributed by atoms with Crippen molar-refractivity contribution in [1.82, 2.24) is 5.32 Å². The normalized spacial score (nSPS) is 10.4. The average Bonchev–Trinajstić information content (AvgIpc) is 2.35. The Hall–Kier alpha value is -2.62. The smallest absolute Gasteiger partial charge is 0.408 e. The van der Waals surface area contributed by atoms with E-state index in [0.717, 1.165) is 12.1 Å². The van der Waals surface area contributed by atoms with Crippen molar-refractivity contribution < 1.29 is 18.8 Å². The standard InChI is InChI=1S/C15H17FN2O4/c1-10-8-13(18(20)21)12(16)9-11(10)6-5-7-17-14(19)22-15(2,3)4/h8-9H,7H2,1-4H3,(H,17,19). The second-order valence-corrected chi connectivity index (χ2v) is 5.53. The third-order valence-electron chi connectivity index (χ3n) is 2.43. The van der Waals surface area contributed by atoms with Crippen LogP contribution in [0.15, 0.2) is 12.1 Å². The van der Waals surface area contributed by atoms with Crippen LogP contribution in [0, 0.1) is 34.7 Å². The monoisotopic (exact) mass is 308 g/mol. The number of aryl methyl sites for hydroxylation is 1. The van der Waals surface area contributed by atoms with Crippen molar-refractivity contribution in [2.75, 3.05) is 6.54 Å². The van der Waals surface area contributed by atoms with Crippen molar-refractivity contribution in [2.24, 2.45) is 0 Å². The maximum atomic E-state index is 13.5. The molecule has 0 radical (unpaired) electrons. The zero-order valence-electron chi connectivity index (χ0n) is 12.8. The SMILES string of the molecule is Cc1cc([N+](=O)[O-])c(F)cc1C#CCNC(=O)OC(C)(C)C. The number of nitro benzene ring substituents is 1. The third-order valence-corrected chi connectivity index (χ3v) is 2.43. The average molecular weight is 308 g/mol. The molecule has 6 nitrogen and oxygen atoms in total. The Kier molecular flexibility index (Phi) is 5.46. The third kappa shape index (κ3) is 5.40. The fourth-order valence-electron chi connectivity index (χ4n) is 1.51. The molecule has 0 bridgehead atoms. The number of rotatable bonds is 2. The molecule has 1 aromatic carbocycles. The summed E-state index contributed by atoms with van der Waals surface area (Å²) in [5, 5.41) is 13.0. The van der Waals surface area contributed by atoms with Gasteiger partial charge in [0.2, 0.25) is 5.82 Å². The maximum absolute atomic E-state index is 13.5. The number of hydrogen-bond donors (Lipinski definition) is 1. The molecule has 1 rings (SSSR count). The largest absolute Gasteiger partial charge is 0.444 e. The van der Waals surface area contributed by atoms with Gasteiger partial charge in [-0.05, 0) is 39.3 Å². The van der Waals surface area contributed by atoms with Crippen LogP contribution in [0.3, 0.4) is 0 Å². The molecule has 118 valence electrons. The number of alkyl carbamates (subject to hydrolysis) is 1. The molecule has 0 spiro atoms. The number of benzene rings is 1. The van der Waals surface area contributed by atoms with Gasteiger partial charge in [0.1, 0.15) is 5.60 Å². The quantitative estimate of drug-likeness (QED) is 0.517. The lowest BCUT2D eigenvalue weighted by Gasteiger charge is -2.19. The summed E-state index contributed by atoms with van der Waals surface area (Å²) in [4.78, 5) is 21.2. The molecule has 0 fully saturated rings. The van der Waals surface area contributed by atoms with Gasteiger partial charge in [-0.3, -0.25) is 10.1 Å². The van der Waals surface area contributed by atoms with Crippen molar-refractivity contribution in [3.05, 3.63) is 39.2 Å². The number of halogens is 1. The first kappa shape index (κ1) is 17.4. The van der Waals surface area contributed by atoms with Crippen LogP contribution < -0.4 is 5.32 Å². The molecule has 1 aromatic rings. The summed E-state index contributed by atoms with van der Waals surface area (Å²) in [6.45, 7) is 6.83. The van der Waals surface area contributed by atoms with Crippen LogP contribution in [0.25, 0.3) is 0 Å². The summed E-state index contributed by atoms with van der Waals surface area (Å²) in [6, 6.07) is 2.13. The number of nitrogens with zero attached hydrogens (tertiary/aromatic N) is 1. The molecule has 0 unspecified atom stereocenters. The Morgan fingerprint density at radius 2 is 2.09 bits per heavy atom. The molecule has 1 amide bonds. The molecule has 1 N–H and O–H groups in total. The zero-order chi connectivity index (χ0) is 16.9. The van der Waals surface area contributed by atoms with E-state index >= 15 is 0 Å². The van der Waals surface area contributed by atoms with E-state index in [0.29, 0.717) is 11.1 Å². The molecule has 0 atom stereocenters. The highest BCUT2D eigenvalue weighted by Gasteiger charge is 2.16. The van der Waals surface area contributed by atoms with Crippen molar-refractivity contribution in [3.63, 3.8) is 0 Å². The Morgan fingerprint density at radius 1 is 1.45 bits per heavy atom. The molecule has 0 aliphatic rings. The molecule has 7 heteroatoms. The minimum absolute atomic E-state index is 0.0208. The number of nitro groups is 1. The van der Waals surface area contributed by atoms with Gasteiger partial charge >= 0.3 is 11.8 Å². The van der Waals surface area contributed by atoms with Gasteiger partial charge in [0.15, 0.2) is 0 Å². The Balaban J connectivity index is 2.72. The molecule has 0 aromatic heterocycles. The minimum atomic E-state index is -0.944. The molecule has 0 heterocycles. The van der Waals surface area contributed by atoms with Crippen molar-refractivity contribution in [1.29, 1.82) is 0 Å². The first-order valence-electron chi connectivity index (χ1n) is 6.50. The van der Waals surface area contributed by atoms with Crippen molar-refractivity contribution >= 4 is 11.8 Å². The van der Waals surface area contributed by atoms with Gasteiger partial charge in [0.25, 0.3) is 0 Å². The predicted molar refractivity (Wildman–Crippen MR) is 78.9 cm³/mol. The van der Waals surface area contributed by atoms with E-state index in [2.05, 4.69) is 17.2 Å². The number of carbonyl (C=O) groups excluding carboxylic acids is 1. The van der Waals surface area contributed by atoms with Gasteiger partial charge in [-0.1, -0.05) is 11.8 Å². The number of nitrogens with one attached hydrogen (secondary N) is 1. The molecule has 22 heavy (non-hydrogen) atoms. The van der Waals surface area contributed by atoms with Crippen molar-refractivity contribution in [3.8, 4) is 11.8 Å². The van der Waals surface area contributed by atoms with E-state index < -0.39 is 28.1 Å². The number of carbonyl (C=O) groups is 1. The lowest BCUT2D eigenvalue weighted by atomic mass is 10.1. The van der Waals surface area contributed by atoms with Gasteiger partial charge < -0.3 is 10.1 Å². The van der Waals surface area contributed by atoms with E-state index in [1.807, 2.05) is 0 Å². The number of hydrogen-bond acceptors (Lipinski definition) is 4. The first-order valence-corrected chi connectivity index (χ1v) is 6.50. The second kappa shape index (κ2) is 6.89. The number of ether oxygens (including phenoxy) is 1. The Labute approximate surface area is 127 Å². The molecular formula is C15H17FN2O4. The lowest BCUT2D eigenvalue weighted by molar-refractivity contribution is -0.387. The minimum Gasteiger partial charge on any atom is -0.444 e. The Bertz CT molecular complexity index is 654. The molecule has 0 aliphatic heterocycles. The summed E-state index contributed by atoms with van der Waals surface area (Å²) in [7, 11) is 0. The molecule has 0 saturated heterocycles. The van der Waals surface area contributed by atoms with Crippen LogP contribution in [-0.2, 0) is 4.74 Å². The number of amides is 1. The van der Waals surface area contributed by atoms with Gasteiger partial charge in [0.05, 0.1) is 11.5 Å². The second-order valence-electron chi connectivity index (χ2n) is 5.53. The van der Waals surface area contributed by atoms with Crippen LogP contribution >= 0.6 is 0 Å². The van der Waals surface area contributed by atoms with Crippen molar-refractivity contribution in [2.45, 2.75) is 33.3 Å². The molecule has 0 saturated carbocycles. The van der Waals surface area contributed by atoms with E-state index in [1.165, 1.54) is 0 Å². The predicted octanol–water partition coefficient (Wildman–Crippen LogP) is 2.92. The van der Waals surface area contributed by atoms with Crippen LogP contribution in [0.1, 0.15) is 31.9 Å². The van der Waals surface area contributed by atoms with E-state index in [1.54, 1.807) is 27.7 Å². The van der Waals surface area contributed by atoms with Crippen LogP contribution in [0.5, 0.6) is 0 Å². The highest BCUT2D eigenvalue weighted by atomic mass is 19.1. The first-order chi connectivity index (χ1) is 10.1. The maximum Gasteiger partial charge on any atom is 0.408 e. The fourth-order valence-corrected chi connectivity index (χ4v) is 1.51. The topological polar surface area (TPSA) is 81.5 Å². The summed E-state index contributed by atoms with van der Waals surface area (Å²) in [5.41, 5.74) is -0.378. The molecular weight excluding hydrogens is 291 g/mol. The summed E-state index contributed by atoms with van der Waals surface area (Å²) >= 11 is 0. The highest BCUT2D eigenvalue weighted by Crippen LogP contribution is 2.21. The van der Waals surface area contributed by atoms with Gasteiger partial charge in [-0.2, -0.15) is 4.39 Å². The Morgan fingerprint density at radius 3 is 2.64 bits per heavy atom.